The van der Waals surface area contributed by atoms with E-state index in [0.717, 1.165) is 27.3 Å². The maximum absolute atomic E-state index is 13.8. The molecule has 2 amide bonds. The number of carbonyl (C=O) groups excluding carboxylic acids is 2. The van der Waals surface area contributed by atoms with Crippen LogP contribution in [0.1, 0.15) is 23.6 Å². The highest BCUT2D eigenvalue weighted by Crippen LogP contribution is 2.18. The van der Waals surface area contributed by atoms with Gasteiger partial charge in [-0.15, -0.1) is 0 Å². The van der Waals surface area contributed by atoms with Crippen molar-refractivity contribution in [3.63, 3.8) is 0 Å². The first-order valence-electron chi connectivity index (χ1n) is 12.0. The molecule has 3 aromatic carbocycles. The van der Waals surface area contributed by atoms with Crippen LogP contribution in [0, 0.1) is 0 Å². The van der Waals surface area contributed by atoms with Crippen molar-refractivity contribution in [2.24, 2.45) is 0 Å². The second-order valence-corrected chi connectivity index (χ2v) is 11.2. The standard InChI is InChI=1S/C28H32ClN3O4S/c1-3-30-28(34)26(18-22-10-6-4-7-11-22)32(20-24-14-16-25(29)17-15-24)27(33)21-31(37(2,35)36)19-23-12-8-5-9-13-23/h4-17,26H,3,18-21H2,1-2H3,(H,30,34)/t26-/m0/s1. The van der Waals surface area contributed by atoms with Crippen LogP contribution in [-0.2, 0) is 39.1 Å². The van der Waals surface area contributed by atoms with Crippen molar-refractivity contribution < 1.29 is 18.0 Å². The fourth-order valence-corrected chi connectivity index (χ4v) is 4.81. The van der Waals surface area contributed by atoms with Crippen LogP contribution in [0.5, 0.6) is 0 Å². The Hall–Kier alpha value is -3.20. The van der Waals surface area contributed by atoms with Crippen LogP contribution in [0.15, 0.2) is 84.9 Å². The fourth-order valence-electron chi connectivity index (χ4n) is 3.95. The van der Waals surface area contributed by atoms with E-state index in [2.05, 4.69) is 5.32 Å². The van der Waals surface area contributed by atoms with Crippen LogP contribution >= 0.6 is 11.6 Å². The molecule has 196 valence electrons. The Kier molecular flexibility index (Phi) is 10.3. The summed E-state index contributed by atoms with van der Waals surface area (Å²) in [5.41, 5.74) is 2.42. The van der Waals surface area contributed by atoms with Gasteiger partial charge >= 0.3 is 0 Å². The van der Waals surface area contributed by atoms with Crippen molar-refractivity contribution in [3.8, 4) is 0 Å². The third-order valence-corrected chi connectivity index (χ3v) is 7.32. The molecule has 7 nitrogen and oxygen atoms in total. The number of nitrogens with one attached hydrogen (secondary N) is 1. The molecular formula is C28H32ClN3O4S. The van der Waals surface area contributed by atoms with Crippen molar-refractivity contribution in [1.82, 2.24) is 14.5 Å². The van der Waals surface area contributed by atoms with E-state index in [9.17, 15) is 18.0 Å². The minimum Gasteiger partial charge on any atom is -0.355 e. The molecule has 3 aromatic rings. The highest BCUT2D eigenvalue weighted by atomic mass is 35.5. The molecule has 0 saturated carbocycles. The second kappa shape index (κ2) is 13.4. The fraction of sp³-hybridized carbons (Fsp3) is 0.286. The minimum absolute atomic E-state index is 0.0463. The van der Waals surface area contributed by atoms with Crippen LogP contribution in [0.2, 0.25) is 5.02 Å². The Balaban J connectivity index is 1.97. The topological polar surface area (TPSA) is 86.8 Å². The highest BCUT2D eigenvalue weighted by Gasteiger charge is 2.32. The largest absolute Gasteiger partial charge is 0.355 e. The minimum atomic E-state index is -3.72. The summed E-state index contributed by atoms with van der Waals surface area (Å²) in [5.74, 6) is -0.772. The summed E-state index contributed by atoms with van der Waals surface area (Å²) < 4.78 is 26.4. The maximum atomic E-state index is 13.8. The van der Waals surface area contributed by atoms with Crippen LogP contribution < -0.4 is 5.32 Å². The van der Waals surface area contributed by atoms with E-state index in [4.69, 9.17) is 11.6 Å². The third-order valence-electron chi connectivity index (χ3n) is 5.87. The second-order valence-electron chi connectivity index (χ2n) is 8.76. The Morgan fingerprint density at radius 1 is 0.838 bits per heavy atom. The van der Waals surface area contributed by atoms with E-state index in [1.807, 2.05) is 55.5 Å². The number of amides is 2. The molecule has 0 fully saturated rings. The van der Waals surface area contributed by atoms with Gasteiger partial charge in [0.1, 0.15) is 6.04 Å². The number of carbonyl (C=O) groups is 2. The summed E-state index contributed by atoms with van der Waals surface area (Å²) in [4.78, 5) is 28.5. The van der Waals surface area contributed by atoms with Gasteiger partial charge in [0.15, 0.2) is 0 Å². The van der Waals surface area contributed by atoms with Gasteiger partial charge in [-0.3, -0.25) is 9.59 Å². The monoisotopic (exact) mass is 541 g/mol. The van der Waals surface area contributed by atoms with Crippen LogP contribution in [0.3, 0.4) is 0 Å². The van der Waals surface area contributed by atoms with Crippen LogP contribution in [0.25, 0.3) is 0 Å². The summed E-state index contributed by atoms with van der Waals surface area (Å²) in [6.07, 6.45) is 1.36. The molecule has 0 saturated heterocycles. The molecule has 0 aliphatic carbocycles. The molecule has 0 aromatic heterocycles. The van der Waals surface area contributed by atoms with Gasteiger partial charge in [-0.1, -0.05) is 84.4 Å². The lowest BCUT2D eigenvalue weighted by Gasteiger charge is -2.33. The molecule has 9 heteroatoms. The first-order chi connectivity index (χ1) is 17.7. The zero-order valence-electron chi connectivity index (χ0n) is 21.0. The SMILES string of the molecule is CCNC(=O)[C@H](Cc1ccccc1)N(Cc1ccc(Cl)cc1)C(=O)CN(Cc1ccccc1)S(C)(=O)=O. The maximum Gasteiger partial charge on any atom is 0.243 e. The lowest BCUT2D eigenvalue weighted by molar-refractivity contribution is -0.141. The van der Waals surface area contributed by atoms with Gasteiger partial charge in [-0.2, -0.15) is 4.31 Å². The summed E-state index contributed by atoms with van der Waals surface area (Å²) in [5, 5.41) is 3.39. The molecule has 1 atom stereocenters. The zero-order valence-corrected chi connectivity index (χ0v) is 22.6. The lowest BCUT2D eigenvalue weighted by atomic mass is 10.0. The van der Waals surface area contributed by atoms with Crippen LogP contribution in [-0.4, -0.2) is 54.8 Å². The van der Waals surface area contributed by atoms with E-state index in [1.165, 1.54) is 4.90 Å². The Labute approximate surface area is 224 Å². The van der Waals surface area contributed by atoms with Crippen molar-refractivity contribution in [2.75, 3.05) is 19.3 Å². The van der Waals surface area contributed by atoms with E-state index in [1.54, 1.807) is 36.4 Å². The molecule has 0 bridgehead atoms. The zero-order chi connectivity index (χ0) is 26.8. The average molecular weight is 542 g/mol. The number of rotatable bonds is 12. The Morgan fingerprint density at radius 3 is 1.92 bits per heavy atom. The Bertz CT molecular complexity index is 1270. The molecule has 0 radical (unpaired) electrons. The van der Waals surface area contributed by atoms with Crippen molar-refractivity contribution >= 4 is 33.4 Å². The van der Waals surface area contributed by atoms with Gasteiger partial charge in [0, 0.05) is 31.1 Å². The molecular weight excluding hydrogens is 510 g/mol. The van der Waals surface area contributed by atoms with Gasteiger partial charge in [-0.05, 0) is 35.7 Å². The molecule has 37 heavy (non-hydrogen) atoms. The molecule has 0 unspecified atom stereocenters. The predicted molar refractivity (Wildman–Crippen MR) is 146 cm³/mol. The molecule has 0 aliphatic heterocycles. The van der Waals surface area contributed by atoms with E-state index >= 15 is 0 Å². The summed E-state index contributed by atoms with van der Waals surface area (Å²) in [6.45, 7) is 1.98. The van der Waals surface area contributed by atoms with E-state index in [0.29, 0.717) is 11.6 Å². The summed E-state index contributed by atoms with van der Waals surface area (Å²) in [6, 6.07) is 24.7. The van der Waals surface area contributed by atoms with E-state index in [-0.39, 0.29) is 25.4 Å². The number of nitrogens with zero attached hydrogens (tertiary/aromatic N) is 2. The van der Waals surface area contributed by atoms with Crippen molar-refractivity contribution in [1.29, 1.82) is 0 Å². The average Bonchev–Trinajstić information content (AvgIpc) is 2.87. The first kappa shape index (κ1) is 28.4. The summed E-state index contributed by atoms with van der Waals surface area (Å²) >= 11 is 6.05. The number of halogens is 1. The van der Waals surface area contributed by atoms with Gasteiger partial charge in [-0.25, -0.2) is 8.42 Å². The molecule has 0 heterocycles. The lowest BCUT2D eigenvalue weighted by Crippen LogP contribution is -2.53. The van der Waals surface area contributed by atoms with Crippen molar-refractivity contribution in [3.05, 3.63) is 107 Å². The normalized spacial score (nSPS) is 12.2. The summed E-state index contributed by atoms with van der Waals surface area (Å²) in [7, 11) is -3.72. The quantitative estimate of drug-likeness (QED) is 0.377. The number of likely N-dealkylation sites (N-methyl/N-ethyl adjacent to an activating group) is 1. The smallest absolute Gasteiger partial charge is 0.243 e. The van der Waals surface area contributed by atoms with Gasteiger partial charge in [0.2, 0.25) is 21.8 Å². The highest BCUT2D eigenvalue weighted by molar-refractivity contribution is 7.88. The molecule has 0 spiro atoms. The number of sulfonamides is 1. The van der Waals surface area contributed by atoms with Gasteiger partial charge < -0.3 is 10.2 Å². The molecule has 3 rings (SSSR count). The molecule has 1 N–H and O–H groups in total. The number of hydrogen-bond donors (Lipinski definition) is 1. The van der Waals surface area contributed by atoms with Gasteiger partial charge in [0.25, 0.3) is 0 Å². The van der Waals surface area contributed by atoms with E-state index < -0.39 is 28.5 Å². The number of hydrogen-bond acceptors (Lipinski definition) is 4. The molecule has 0 aliphatic rings. The number of benzene rings is 3. The van der Waals surface area contributed by atoms with Crippen LogP contribution in [0.4, 0.5) is 0 Å². The first-order valence-corrected chi connectivity index (χ1v) is 14.2. The predicted octanol–water partition coefficient (Wildman–Crippen LogP) is 3.88. The van der Waals surface area contributed by atoms with Gasteiger partial charge in [0.05, 0.1) is 12.8 Å². The third kappa shape index (κ3) is 8.70. The van der Waals surface area contributed by atoms with Crippen molar-refractivity contribution in [2.45, 2.75) is 32.5 Å². The Morgan fingerprint density at radius 2 is 1.38 bits per heavy atom.